The lowest BCUT2D eigenvalue weighted by Crippen LogP contribution is -2.41. The van der Waals surface area contributed by atoms with Gasteiger partial charge in [0.25, 0.3) is 5.56 Å². The average molecular weight is 485 g/mol. The normalized spacial score (nSPS) is 11.9. The Hall–Kier alpha value is -3.17. The molecule has 0 bridgehead atoms. The molecule has 0 atom stereocenters. The van der Waals surface area contributed by atoms with Crippen LogP contribution in [0, 0.1) is 11.3 Å². The van der Waals surface area contributed by atoms with Gasteiger partial charge in [0, 0.05) is 31.9 Å². The molecule has 2 rings (SSSR count). The summed E-state index contributed by atoms with van der Waals surface area (Å²) in [6.07, 6.45) is -3.73. The molecule has 0 aliphatic heterocycles. The van der Waals surface area contributed by atoms with E-state index in [-0.39, 0.29) is 18.0 Å². The number of hydrogen-bond donors (Lipinski definition) is 0. The van der Waals surface area contributed by atoms with Crippen molar-refractivity contribution in [2.45, 2.75) is 38.0 Å². The van der Waals surface area contributed by atoms with Crippen molar-refractivity contribution < 1.29 is 26.4 Å². The lowest BCUT2D eigenvalue weighted by molar-refractivity contribution is -0.162. The Kier molecular flexibility index (Phi) is 8.40. The number of carbonyl (C=O) groups is 1. The highest BCUT2D eigenvalue weighted by Gasteiger charge is 2.33. The summed E-state index contributed by atoms with van der Waals surface area (Å²) in [5.74, 6) is -1.02. The van der Waals surface area contributed by atoms with Gasteiger partial charge >= 0.3 is 6.18 Å². The number of sulfonamides is 1. The Balaban J connectivity index is 2.34. The number of alkyl halides is 3. The van der Waals surface area contributed by atoms with Crippen molar-refractivity contribution in [3.05, 3.63) is 64.1 Å². The molecule has 0 radical (unpaired) electrons. The van der Waals surface area contributed by atoms with E-state index in [1.165, 1.54) is 24.3 Å². The molecular formula is C21H23F3N4O4S. The number of halogens is 3. The van der Waals surface area contributed by atoms with Crippen LogP contribution in [-0.4, -0.2) is 53.9 Å². The molecule has 0 aliphatic rings. The van der Waals surface area contributed by atoms with E-state index >= 15 is 0 Å². The number of hydrogen-bond acceptors (Lipinski definition) is 5. The second-order valence-corrected chi connectivity index (χ2v) is 9.03. The van der Waals surface area contributed by atoms with Gasteiger partial charge < -0.3 is 9.47 Å². The summed E-state index contributed by atoms with van der Waals surface area (Å²) in [5, 5.41) is 8.85. The van der Waals surface area contributed by atoms with Crippen molar-refractivity contribution in [3.63, 3.8) is 0 Å². The average Bonchev–Trinajstić information content (AvgIpc) is 2.75. The van der Waals surface area contributed by atoms with Gasteiger partial charge in [-0.1, -0.05) is 26.0 Å². The van der Waals surface area contributed by atoms with Gasteiger partial charge in [-0.25, -0.2) is 8.42 Å². The highest BCUT2D eigenvalue weighted by molar-refractivity contribution is 7.89. The first-order valence-corrected chi connectivity index (χ1v) is 11.4. The Morgan fingerprint density at radius 1 is 1.09 bits per heavy atom. The molecule has 1 aromatic heterocycles. The van der Waals surface area contributed by atoms with Crippen molar-refractivity contribution in [1.82, 2.24) is 13.8 Å². The van der Waals surface area contributed by atoms with E-state index < -0.39 is 47.3 Å². The third-order valence-electron chi connectivity index (χ3n) is 4.78. The number of carbonyl (C=O) groups excluding carboxylic acids is 1. The molecule has 8 nitrogen and oxygen atoms in total. The highest BCUT2D eigenvalue weighted by atomic mass is 32.2. The first kappa shape index (κ1) is 26.1. The largest absolute Gasteiger partial charge is 0.406 e. The van der Waals surface area contributed by atoms with Crippen molar-refractivity contribution in [2.24, 2.45) is 0 Å². The molecular weight excluding hydrogens is 461 g/mol. The third kappa shape index (κ3) is 6.90. The van der Waals surface area contributed by atoms with Gasteiger partial charge in [-0.15, -0.1) is 0 Å². The minimum absolute atomic E-state index is 0.181. The monoisotopic (exact) mass is 484 g/mol. The molecule has 1 amide bonds. The van der Waals surface area contributed by atoms with Crippen LogP contribution in [0.2, 0.25) is 0 Å². The fourth-order valence-corrected chi connectivity index (χ4v) is 4.58. The molecule has 0 unspecified atom stereocenters. The Labute approximate surface area is 189 Å². The predicted molar refractivity (Wildman–Crippen MR) is 113 cm³/mol. The molecule has 33 heavy (non-hydrogen) atoms. The van der Waals surface area contributed by atoms with Crippen LogP contribution in [0.1, 0.15) is 25.0 Å². The number of aromatic nitrogens is 1. The van der Waals surface area contributed by atoms with Gasteiger partial charge in [0.2, 0.25) is 15.9 Å². The number of nitrogens with zero attached hydrogens (tertiary/aromatic N) is 4. The summed E-state index contributed by atoms with van der Waals surface area (Å²) >= 11 is 0. The molecule has 2 aromatic rings. The van der Waals surface area contributed by atoms with E-state index in [2.05, 4.69) is 0 Å². The molecule has 0 N–H and O–H groups in total. The minimum atomic E-state index is -4.69. The molecule has 12 heteroatoms. The zero-order chi connectivity index (χ0) is 24.8. The van der Waals surface area contributed by atoms with Crippen molar-refractivity contribution >= 4 is 15.9 Å². The lowest BCUT2D eigenvalue weighted by Gasteiger charge is -2.25. The van der Waals surface area contributed by atoms with E-state index in [0.717, 1.165) is 27.2 Å². The molecule has 0 fully saturated rings. The van der Waals surface area contributed by atoms with E-state index in [0.29, 0.717) is 16.0 Å². The van der Waals surface area contributed by atoms with Crippen LogP contribution in [0.25, 0.3) is 0 Å². The maximum atomic E-state index is 13.1. The first-order valence-electron chi connectivity index (χ1n) is 9.95. The van der Waals surface area contributed by atoms with E-state index in [1.54, 1.807) is 13.8 Å². The number of rotatable bonds is 9. The zero-order valence-corrected chi connectivity index (χ0v) is 18.9. The SMILES string of the molecule is CCN(CC)S(=O)(=O)c1ccc(=O)n(CC(=O)N(Cc2ccc(C#N)cc2)CC(F)(F)F)c1. The third-order valence-corrected chi connectivity index (χ3v) is 6.82. The van der Waals surface area contributed by atoms with Crippen LogP contribution >= 0.6 is 0 Å². The Morgan fingerprint density at radius 3 is 2.21 bits per heavy atom. The quantitative estimate of drug-likeness (QED) is 0.544. The summed E-state index contributed by atoms with van der Waals surface area (Å²) in [6.45, 7) is 0.903. The summed E-state index contributed by atoms with van der Waals surface area (Å²) in [4.78, 5) is 25.2. The van der Waals surface area contributed by atoms with Crippen LogP contribution in [0.4, 0.5) is 13.2 Å². The molecule has 0 aliphatic carbocycles. The van der Waals surface area contributed by atoms with Gasteiger partial charge in [0.05, 0.1) is 16.5 Å². The van der Waals surface area contributed by atoms with Gasteiger partial charge in [-0.2, -0.15) is 22.7 Å². The fraction of sp³-hybridized carbons (Fsp3) is 0.381. The van der Waals surface area contributed by atoms with Gasteiger partial charge in [0.1, 0.15) is 13.1 Å². The maximum Gasteiger partial charge on any atom is 0.406 e. The van der Waals surface area contributed by atoms with Crippen molar-refractivity contribution in [1.29, 1.82) is 5.26 Å². The maximum absolute atomic E-state index is 13.1. The predicted octanol–water partition coefficient (Wildman–Crippen LogP) is 2.34. The van der Waals surface area contributed by atoms with Crippen LogP contribution < -0.4 is 5.56 Å². The summed E-state index contributed by atoms with van der Waals surface area (Å²) in [6, 6.07) is 9.63. The fourth-order valence-electron chi connectivity index (χ4n) is 3.10. The number of amides is 1. The van der Waals surface area contributed by atoms with Crippen molar-refractivity contribution in [2.75, 3.05) is 19.6 Å². The van der Waals surface area contributed by atoms with Gasteiger partial charge in [-0.3, -0.25) is 9.59 Å². The van der Waals surface area contributed by atoms with Gasteiger partial charge in [0.15, 0.2) is 0 Å². The van der Waals surface area contributed by atoms with Crippen molar-refractivity contribution in [3.8, 4) is 6.07 Å². The summed E-state index contributed by atoms with van der Waals surface area (Å²) < 4.78 is 66.6. The standard InChI is InChI=1S/C21H23F3N4O4S/c1-3-28(4-2)33(31,32)18-9-10-19(29)26(13-18)14-20(30)27(15-21(22,23)24)12-17-7-5-16(11-25)6-8-17/h5-10,13H,3-4,12,14-15H2,1-2H3. The topological polar surface area (TPSA) is 103 Å². The number of benzene rings is 1. The van der Waals surface area contributed by atoms with E-state index in [9.17, 15) is 31.2 Å². The minimum Gasteiger partial charge on any atom is -0.328 e. The van der Waals surface area contributed by atoms with E-state index in [1.807, 2.05) is 6.07 Å². The number of nitriles is 1. The summed E-state index contributed by atoms with van der Waals surface area (Å²) in [7, 11) is -3.94. The molecule has 1 heterocycles. The van der Waals surface area contributed by atoms with E-state index in [4.69, 9.17) is 5.26 Å². The first-order chi connectivity index (χ1) is 15.4. The van der Waals surface area contributed by atoms with Crippen LogP contribution in [0.5, 0.6) is 0 Å². The molecule has 0 saturated carbocycles. The van der Waals surface area contributed by atoms with Gasteiger partial charge in [-0.05, 0) is 23.8 Å². The Morgan fingerprint density at radius 2 is 1.70 bits per heavy atom. The van der Waals surface area contributed by atoms with Crippen LogP contribution in [0.15, 0.2) is 52.3 Å². The Bertz CT molecular complexity index is 1180. The summed E-state index contributed by atoms with van der Waals surface area (Å²) in [5.41, 5.74) is -0.0609. The highest BCUT2D eigenvalue weighted by Crippen LogP contribution is 2.19. The smallest absolute Gasteiger partial charge is 0.328 e. The lowest BCUT2D eigenvalue weighted by atomic mass is 10.1. The van der Waals surface area contributed by atoms with Crippen LogP contribution in [-0.2, 0) is 27.9 Å². The molecule has 0 spiro atoms. The number of pyridine rings is 1. The second kappa shape index (κ2) is 10.6. The second-order valence-electron chi connectivity index (χ2n) is 7.09. The van der Waals surface area contributed by atoms with Crippen LogP contribution in [0.3, 0.4) is 0 Å². The molecule has 0 saturated heterocycles. The molecule has 1 aromatic carbocycles. The molecule has 178 valence electrons. The zero-order valence-electron chi connectivity index (χ0n) is 18.0.